The van der Waals surface area contributed by atoms with Gasteiger partial charge in [0.2, 0.25) is 0 Å². The quantitative estimate of drug-likeness (QED) is 0.224. The number of carbonyl (C=O) groups is 4. The lowest BCUT2D eigenvalue weighted by atomic mass is 9.94. The Bertz CT molecular complexity index is 1790. The number of amides is 2. The first-order chi connectivity index (χ1) is 20.8. The summed E-state index contributed by atoms with van der Waals surface area (Å²) in [7, 11) is 1.73. The summed E-state index contributed by atoms with van der Waals surface area (Å²) < 4.78 is 0. The van der Waals surface area contributed by atoms with Gasteiger partial charge in [-0.25, -0.2) is 0 Å². The summed E-state index contributed by atoms with van der Waals surface area (Å²) in [4.78, 5) is 59.8. The lowest BCUT2D eigenvalue weighted by Gasteiger charge is -2.22. The average molecular weight is 573 g/mol. The van der Waals surface area contributed by atoms with E-state index in [1.54, 1.807) is 24.1 Å². The summed E-state index contributed by atoms with van der Waals surface area (Å²) in [6.45, 7) is 3.91. The molecule has 0 bridgehead atoms. The predicted octanol–water partition coefficient (Wildman–Crippen LogP) is 6.67. The normalized spacial score (nSPS) is 14.2. The van der Waals surface area contributed by atoms with Gasteiger partial charge in [-0.05, 0) is 109 Å². The monoisotopic (exact) mass is 572 g/mol. The second kappa shape index (κ2) is 11.4. The number of aldehydes is 2. The number of benzene rings is 2. The van der Waals surface area contributed by atoms with E-state index < -0.39 is 0 Å². The molecule has 2 amide bonds. The van der Waals surface area contributed by atoms with Crippen LogP contribution < -0.4 is 10.2 Å². The van der Waals surface area contributed by atoms with Crippen molar-refractivity contribution in [3.05, 3.63) is 106 Å². The largest absolute Gasteiger partial charge is 0.320 e. The van der Waals surface area contributed by atoms with Crippen molar-refractivity contribution in [2.75, 3.05) is 17.3 Å². The Morgan fingerprint density at radius 1 is 0.791 bits per heavy atom. The number of nitrogens with zero attached hydrogens (tertiary/aromatic N) is 3. The van der Waals surface area contributed by atoms with E-state index >= 15 is 0 Å². The van der Waals surface area contributed by atoms with E-state index in [0.29, 0.717) is 34.3 Å². The Kier molecular flexibility index (Phi) is 7.44. The van der Waals surface area contributed by atoms with Gasteiger partial charge in [-0.1, -0.05) is 24.3 Å². The van der Waals surface area contributed by atoms with Crippen LogP contribution in [0.1, 0.15) is 101 Å². The topological polar surface area (TPSA) is 109 Å². The summed E-state index contributed by atoms with van der Waals surface area (Å²) in [5.41, 5.74) is 8.43. The highest BCUT2D eigenvalue weighted by atomic mass is 16.2. The van der Waals surface area contributed by atoms with Gasteiger partial charge in [-0.2, -0.15) is 0 Å². The zero-order chi connectivity index (χ0) is 30.2. The summed E-state index contributed by atoms with van der Waals surface area (Å²) in [6, 6.07) is 15.0. The van der Waals surface area contributed by atoms with Crippen molar-refractivity contribution in [1.29, 1.82) is 0 Å². The van der Waals surface area contributed by atoms with Crippen molar-refractivity contribution in [3.8, 4) is 11.1 Å². The van der Waals surface area contributed by atoms with Gasteiger partial charge in [0.25, 0.3) is 11.8 Å². The van der Waals surface area contributed by atoms with Gasteiger partial charge in [0, 0.05) is 41.9 Å². The van der Waals surface area contributed by atoms with E-state index in [-0.39, 0.29) is 17.5 Å². The molecule has 6 rings (SSSR count). The van der Waals surface area contributed by atoms with Gasteiger partial charge >= 0.3 is 0 Å². The van der Waals surface area contributed by atoms with Crippen LogP contribution in [-0.4, -0.2) is 41.4 Å². The third kappa shape index (κ3) is 5.48. The van der Waals surface area contributed by atoms with Crippen LogP contribution in [-0.2, 0) is 0 Å². The van der Waals surface area contributed by atoms with E-state index in [0.717, 1.165) is 77.3 Å². The zero-order valence-corrected chi connectivity index (χ0v) is 24.4. The van der Waals surface area contributed by atoms with Crippen molar-refractivity contribution in [1.82, 2.24) is 9.97 Å². The maximum Gasteiger partial charge on any atom is 0.276 e. The number of carbonyl (C=O) groups excluding carboxylic acids is 4. The number of rotatable bonds is 9. The van der Waals surface area contributed by atoms with Crippen molar-refractivity contribution in [2.24, 2.45) is 0 Å². The molecular formula is C35H32N4O4. The number of anilines is 2. The molecule has 8 heteroatoms. The molecule has 2 heterocycles. The molecule has 0 aliphatic heterocycles. The van der Waals surface area contributed by atoms with E-state index in [9.17, 15) is 19.2 Å². The fourth-order valence-corrected chi connectivity index (χ4v) is 5.71. The molecule has 0 saturated heterocycles. The van der Waals surface area contributed by atoms with Crippen LogP contribution in [0.15, 0.2) is 60.9 Å². The summed E-state index contributed by atoms with van der Waals surface area (Å²) in [5.74, 6) is 0.0319. The minimum atomic E-state index is -0.339. The van der Waals surface area contributed by atoms with Gasteiger partial charge in [-0.3, -0.25) is 29.1 Å². The highest BCUT2D eigenvalue weighted by Crippen LogP contribution is 2.42. The number of pyridine rings is 2. The lowest BCUT2D eigenvalue weighted by Crippen LogP contribution is -2.28. The fraction of sp³-hybridized carbons (Fsp3) is 0.257. The van der Waals surface area contributed by atoms with Crippen molar-refractivity contribution >= 4 is 35.8 Å². The third-order valence-corrected chi connectivity index (χ3v) is 8.52. The summed E-state index contributed by atoms with van der Waals surface area (Å²) in [6.07, 6.45) is 8.61. The molecule has 216 valence electrons. The molecule has 0 unspecified atom stereocenters. The van der Waals surface area contributed by atoms with Crippen LogP contribution >= 0.6 is 0 Å². The highest BCUT2D eigenvalue weighted by Gasteiger charge is 2.29. The first-order valence-electron chi connectivity index (χ1n) is 14.5. The van der Waals surface area contributed by atoms with Crippen LogP contribution in [0, 0.1) is 13.8 Å². The van der Waals surface area contributed by atoms with Gasteiger partial charge in [0.15, 0.2) is 12.6 Å². The van der Waals surface area contributed by atoms with Crippen molar-refractivity contribution < 1.29 is 19.2 Å². The molecule has 4 aromatic rings. The second-order valence-corrected chi connectivity index (χ2v) is 11.4. The lowest BCUT2D eigenvalue weighted by molar-refractivity contribution is 0.0985. The van der Waals surface area contributed by atoms with Crippen molar-refractivity contribution in [3.63, 3.8) is 0 Å². The Morgan fingerprint density at radius 2 is 1.33 bits per heavy atom. The Morgan fingerprint density at radius 3 is 1.91 bits per heavy atom. The molecule has 2 aromatic carbocycles. The Balaban J connectivity index is 1.27. The summed E-state index contributed by atoms with van der Waals surface area (Å²) in [5, 5.41) is 3.00. The van der Waals surface area contributed by atoms with Gasteiger partial charge in [0.1, 0.15) is 11.4 Å². The molecule has 0 atom stereocenters. The first-order valence-corrected chi connectivity index (χ1v) is 14.5. The molecule has 43 heavy (non-hydrogen) atoms. The summed E-state index contributed by atoms with van der Waals surface area (Å²) >= 11 is 0. The molecule has 0 radical (unpaired) electrons. The second-order valence-electron chi connectivity index (χ2n) is 11.4. The van der Waals surface area contributed by atoms with Gasteiger partial charge < -0.3 is 10.2 Å². The molecule has 1 N–H and O–H groups in total. The fourth-order valence-electron chi connectivity index (χ4n) is 5.71. The maximum absolute atomic E-state index is 13.5. The van der Waals surface area contributed by atoms with Crippen molar-refractivity contribution in [2.45, 2.75) is 51.4 Å². The van der Waals surface area contributed by atoms with Gasteiger partial charge in [0.05, 0.1) is 0 Å². The SMILES string of the molecule is Cc1c(NC(=O)c2cc(C3CC3)c(C=O)cn2)cccc1-c1cccc(N(C)C(=O)c2cc(C3CC3)c(C=O)cn2)c1C. The van der Waals surface area contributed by atoms with Crippen LogP contribution in [0.25, 0.3) is 11.1 Å². The van der Waals surface area contributed by atoms with E-state index in [1.807, 2.05) is 50.2 Å². The molecule has 2 fully saturated rings. The molecule has 0 spiro atoms. The maximum atomic E-state index is 13.5. The first kappa shape index (κ1) is 28.2. The number of nitrogens with one attached hydrogen (secondary N) is 1. The number of hydrogen-bond donors (Lipinski definition) is 1. The van der Waals surface area contributed by atoms with E-state index in [4.69, 9.17) is 0 Å². The van der Waals surface area contributed by atoms with E-state index in [2.05, 4.69) is 15.3 Å². The van der Waals surface area contributed by atoms with Crippen LogP contribution in [0.2, 0.25) is 0 Å². The molecule has 2 aromatic heterocycles. The molecule has 8 nitrogen and oxygen atoms in total. The van der Waals surface area contributed by atoms with Crippen LogP contribution in [0.4, 0.5) is 11.4 Å². The average Bonchev–Trinajstić information content (AvgIpc) is 3.95. The highest BCUT2D eigenvalue weighted by molar-refractivity contribution is 6.06. The molecule has 2 saturated carbocycles. The predicted molar refractivity (Wildman–Crippen MR) is 165 cm³/mol. The number of hydrogen-bond acceptors (Lipinski definition) is 6. The van der Waals surface area contributed by atoms with Crippen LogP contribution in [0.3, 0.4) is 0 Å². The minimum absolute atomic E-state index is 0.254. The third-order valence-electron chi connectivity index (χ3n) is 8.52. The standard InChI is InChI=1S/C35H32N4O4/c1-20-26(6-4-8-30(20)38-34(42)31-14-28(22-10-11-22)24(18-40)16-36-31)27-7-5-9-33(21(27)2)39(3)35(43)32-15-29(23-12-13-23)25(19-41)17-37-32/h4-9,14-19,22-23H,10-13H2,1-3H3,(H,38,42). The Labute approximate surface area is 250 Å². The van der Waals surface area contributed by atoms with Crippen LogP contribution in [0.5, 0.6) is 0 Å². The molecule has 2 aliphatic carbocycles. The Hall–Kier alpha value is -4.98. The van der Waals surface area contributed by atoms with Gasteiger partial charge in [-0.15, -0.1) is 0 Å². The van der Waals surface area contributed by atoms with E-state index in [1.165, 1.54) is 12.4 Å². The number of aromatic nitrogens is 2. The zero-order valence-electron chi connectivity index (χ0n) is 24.4. The smallest absolute Gasteiger partial charge is 0.276 e. The molecular weight excluding hydrogens is 540 g/mol. The molecule has 2 aliphatic rings. The minimum Gasteiger partial charge on any atom is -0.320 e.